The van der Waals surface area contributed by atoms with Crippen LogP contribution in [-0.4, -0.2) is 25.0 Å². The van der Waals surface area contributed by atoms with Crippen LogP contribution >= 0.6 is 0 Å². The maximum Gasteiger partial charge on any atom is 0.120 e. The number of rotatable bonds is 8. The minimum Gasteiger partial charge on any atom is -0.463 e. The van der Waals surface area contributed by atoms with Gasteiger partial charge >= 0.3 is 0 Å². The quantitative estimate of drug-likeness (QED) is 0.735. The molecule has 0 spiro atoms. The summed E-state index contributed by atoms with van der Waals surface area (Å²) in [4.78, 5) is 2.41. The first-order valence-electron chi connectivity index (χ1n) is 8.16. The van der Waals surface area contributed by atoms with Crippen LogP contribution in [0.3, 0.4) is 0 Å². The van der Waals surface area contributed by atoms with Gasteiger partial charge in [-0.05, 0) is 57.3 Å². The van der Waals surface area contributed by atoms with E-state index in [9.17, 15) is 0 Å². The van der Waals surface area contributed by atoms with Crippen molar-refractivity contribution in [2.24, 2.45) is 5.92 Å². The van der Waals surface area contributed by atoms with Crippen LogP contribution in [0.2, 0.25) is 0 Å². The van der Waals surface area contributed by atoms with Gasteiger partial charge in [0.25, 0.3) is 0 Å². The highest BCUT2D eigenvalue weighted by atomic mass is 16.3. The predicted octanol–water partition coefficient (Wildman–Crippen LogP) is 3.71. The fraction of sp³-hybridized carbons (Fsp3) is 0.765. The fourth-order valence-corrected chi connectivity index (χ4v) is 3.19. The molecule has 3 heteroatoms. The maximum atomic E-state index is 5.99. The van der Waals surface area contributed by atoms with Gasteiger partial charge in [-0.15, -0.1) is 0 Å². The van der Waals surface area contributed by atoms with Crippen molar-refractivity contribution >= 4 is 0 Å². The second-order valence-corrected chi connectivity index (χ2v) is 6.34. The van der Waals surface area contributed by atoms with E-state index in [0.29, 0.717) is 0 Å². The Morgan fingerprint density at radius 1 is 1.35 bits per heavy atom. The zero-order chi connectivity index (χ0) is 14.4. The molecule has 3 nitrogen and oxygen atoms in total. The average molecular weight is 278 g/mol. The van der Waals surface area contributed by atoms with Crippen molar-refractivity contribution in [2.45, 2.75) is 59.0 Å². The summed E-state index contributed by atoms with van der Waals surface area (Å²) in [5.41, 5.74) is 1.28. The van der Waals surface area contributed by atoms with E-state index < -0.39 is 0 Å². The molecule has 1 aliphatic carbocycles. The topological polar surface area (TPSA) is 28.4 Å². The molecule has 1 fully saturated rings. The molecular formula is C17H30N2O. The van der Waals surface area contributed by atoms with E-state index in [1.165, 1.54) is 37.8 Å². The van der Waals surface area contributed by atoms with Gasteiger partial charge in [-0.2, -0.15) is 0 Å². The van der Waals surface area contributed by atoms with Crippen molar-refractivity contribution < 1.29 is 4.42 Å². The summed E-state index contributed by atoms with van der Waals surface area (Å²) in [6.45, 7) is 8.38. The number of nitrogens with one attached hydrogen (secondary N) is 1. The molecule has 1 N–H and O–H groups in total. The maximum absolute atomic E-state index is 5.99. The summed E-state index contributed by atoms with van der Waals surface area (Å²) >= 11 is 0. The van der Waals surface area contributed by atoms with Crippen LogP contribution in [0.5, 0.6) is 0 Å². The average Bonchev–Trinajstić information content (AvgIpc) is 3.00. The largest absolute Gasteiger partial charge is 0.463 e. The van der Waals surface area contributed by atoms with E-state index in [0.717, 1.165) is 43.5 Å². The third-order valence-corrected chi connectivity index (χ3v) is 4.25. The standard InChI is InChI=1S/C17H30N2O/c1-4-9-18-11-17-14(2)10-16(20-17)13-19(3)12-15-7-5-6-8-15/h10,15,18H,4-9,11-13H2,1-3H3. The molecule has 0 unspecified atom stereocenters. The van der Waals surface area contributed by atoms with Gasteiger partial charge in [0.2, 0.25) is 0 Å². The number of hydrogen-bond donors (Lipinski definition) is 1. The van der Waals surface area contributed by atoms with Crippen LogP contribution in [-0.2, 0) is 13.1 Å². The van der Waals surface area contributed by atoms with Gasteiger partial charge in [0.1, 0.15) is 11.5 Å². The van der Waals surface area contributed by atoms with Crippen molar-refractivity contribution in [2.75, 3.05) is 20.1 Å². The smallest absolute Gasteiger partial charge is 0.120 e. The highest BCUT2D eigenvalue weighted by Gasteiger charge is 2.17. The molecule has 0 atom stereocenters. The lowest BCUT2D eigenvalue weighted by atomic mass is 10.1. The number of furan rings is 1. The Bertz CT molecular complexity index is 394. The van der Waals surface area contributed by atoms with Crippen molar-refractivity contribution in [1.29, 1.82) is 0 Å². The third-order valence-electron chi connectivity index (χ3n) is 4.25. The Labute approximate surface area is 123 Å². The predicted molar refractivity (Wildman–Crippen MR) is 83.7 cm³/mol. The molecule has 1 saturated carbocycles. The van der Waals surface area contributed by atoms with E-state index in [-0.39, 0.29) is 0 Å². The monoisotopic (exact) mass is 278 g/mol. The van der Waals surface area contributed by atoms with Gasteiger partial charge in [-0.3, -0.25) is 4.90 Å². The number of hydrogen-bond acceptors (Lipinski definition) is 3. The Balaban J connectivity index is 1.80. The normalized spacial score (nSPS) is 16.4. The van der Waals surface area contributed by atoms with Gasteiger partial charge < -0.3 is 9.73 Å². The molecule has 0 aliphatic heterocycles. The molecule has 114 valence electrons. The van der Waals surface area contributed by atoms with Gasteiger partial charge in [-0.25, -0.2) is 0 Å². The summed E-state index contributed by atoms with van der Waals surface area (Å²) in [5, 5.41) is 3.41. The first-order chi connectivity index (χ1) is 9.69. The van der Waals surface area contributed by atoms with E-state index in [1.807, 2.05) is 0 Å². The Kier molecular flexibility index (Phi) is 6.11. The van der Waals surface area contributed by atoms with E-state index in [1.54, 1.807) is 0 Å². The number of aryl methyl sites for hydroxylation is 1. The molecule has 0 radical (unpaired) electrons. The lowest BCUT2D eigenvalue weighted by Gasteiger charge is -2.19. The van der Waals surface area contributed by atoms with Crippen LogP contribution in [0.4, 0.5) is 0 Å². The number of nitrogens with zero attached hydrogens (tertiary/aromatic N) is 1. The van der Waals surface area contributed by atoms with Gasteiger partial charge in [0, 0.05) is 6.54 Å². The fourth-order valence-electron chi connectivity index (χ4n) is 3.19. The minimum absolute atomic E-state index is 0.853. The highest BCUT2D eigenvalue weighted by Crippen LogP contribution is 2.26. The van der Waals surface area contributed by atoms with Gasteiger partial charge in [0.15, 0.2) is 0 Å². The molecule has 1 aliphatic rings. The van der Waals surface area contributed by atoms with Crippen LogP contribution in [0, 0.1) is 12.8 Å². The highest BCUT2D eigenvalue weighted by molar-refractivity contribution is 5.20. The Hall–Kier alpha value is -0.800. The lowest BCUT2D eigenvalue weighted by Crippen LogP contribution is -2.23. The Morgan fingerprint density at radius 2 is 2.10 bits per heavy atom. The van der Waals surface area contributed by atoms with Gasteiger partial charge in [0.05, 0.1) is 13.1 Å². The summed E-state index contributed by atoms with van der Waals surface area (Å²) in [7, 11) is 2.21. The second-order valence-electron chi connectivity index (χ2n) is 6.34. The first-order valence-corrected chi connectivity index (χ1v) is 8.16. The van der Waals surface area contributed by atoms with Crippen molar-refractivity contribution in [1.82, 2.24) is 10.2 Å². The van der Waals surface area contributed by atoms with E-state index in [2.05, 4.69) is 37.2 Å². The van der Waals surface area contributed by atoms with Crippen LogP contribution in [0.25, 0.3) is 0 Å². The van der Waals surface area contributed by atoms with Crippen LogP contribution in [0.15, 0.2) is 10.5 Å². The molecule has 20 heavy (non-hydrogen) atoms. The molecule has 0 amide bonds. The minimum atomic E-state index is 0.853. The zero-order valence-electron chi connectivity index (χ0n) is 13.4. The second kappa shape index (κ2) is 7.84. The molecule has 2 rings (SSSR count). The SMILES string of the molecule is CCCNCc1oc(CN(C)CC2CCCC2)cc1C. The molecule has 0 aromatic carbocycles. The van der Waals surface area contributed by atoms with Crippen LogP contribution < -0.4 is 5.32 Å². The van der Waals surface area contributed by atoms with Crippen molar-refractivity contribution in [3.8, 4) is 0 Å². The summed E-state index contributed by atoms with van der Waals surface area (Å²) in [6.07, 6.45) is 6.83. The zero-order valence-corrected chi connectivity index (χ0v) is 13.4. The lowest BCUT2D eigenvalue weighted by molar-refractivity contribution is 0.248. The van der Waals surface area contributed by atoms with E-state index in [4.69, 9.17) is 4.42 Å². The molecular weight excluding hydrogens is 248 g/mol. The molecule has 1 heterocycles. The van der Waals surface area contributed by atoms with Gasteiger partial charge in [-0.1, -0.05) is 19.8 Å². The molecule has 1 aromatic rings. The summed E-state index contributed by atoms with van der Waals surface area (Å²) in [6, 6.07) is 2.20. The summed E-state index contributed by atoms with van der Waals surface area (Å²) in [5.74, 6) is 3.11. The molecule has 0 bridgehead atoms. The van der Waals surface area contributed by atoms with Crippen molar-refractivity contribution in [3.05, 3.63) is 23.2 Å². The van der Waals surface area contributed by atoms with Crippen LogP contribution in [0.1, 0.15) is 56.1 Å². The molecule has 1 aromatic heterocycles. The third kappa shape index (κ3) is 4.64. The van der Waals surface area contributed by atoms with E-state index >= 15 is 0 Å². The molecule has 0 saturated heterocycles. The van der Waals surface area contributed by atoms with Crippen molar-refractivity contribution in [3.63, 3.8) is 0 Å². The first kappa shape index (κ1) is 15.6. The summed E-state index contributed by atoms with van der Waals surface area (Å²) < 4.78 is 5.99. The Morgan fingerprint density at radius 3 is 2.80 bits per heavy atom.